The second kappa shape index (κ2) is 10.4. The fourth-order valence-electron chi connectivity index (χ4n) is 3.65. The molecule has 0 aliphatic carbocycles. The molecule has 2 N–H and O–H groups in total. The first-order valence-electron chi connectivity index (χ1n) is 10.9. The number of fused-ring (bicyclic) bond motifs is 1. The Hall–Kier alpha value is -3.26. The molecular weight excluding hydrogens is 424 g/mol. The van der Waals surface area contributed by atoms with Gasteiger partial charge in [0.15, 0.2) is 0 Å². The normalized spacial score (nSPS) is 12.2. The summed E-state index contributed by atoms with van der Waals surface area (Å²) >= 11 is 1.31. The lowest BCUT2D eigenvalue weighted by atomic mass is 10.0. The van der Waals surface area contributed by atoms with Gasteiger partial charge >= 0.3 is 0 Å². The third-order valence-electron chi connectivity index (χ3n) is 5.49. The number of hydrogen-bond donors (Lipinski definition) is 2. The summed E-state index contributed by atoms with van der Waals surface area (Å²) in [6.45, 7) is 1.89. The van der Waals surface area contributed by atoms with Crippen molar-refractivity contribution < 1.29 is 14.0 Å². The fraction of sp³-hybridized carbons (Fsp3) is 0.333. The summed E-state index contributed by atoms with van der Waals surface area (Å²) in [6, 6.07) is 7.64. The molecule has 0 aliphatic rings. The number of benzene rings is 1. The lowest BCUT2D eigenvalue weighted by molar-refractivity contribution is -0.118. The van der Waals surface area contributed by atoms with Crippen LogP contribution in [0.1, 0.15) is 67.0 Å². The van der Waals surface area contributed by atoms with Crippen LogP contribution >= 0.6 is 11.3 Å². The van der Waals surface area contributed by atoms with Crippen molar-refractivity contribution in [2.75, 3.05) is 0 Å². The molecule has 0 bridgehead atoms. The van der Waals surface area contributed by atoms with E-state index in [4.69, 9.17) is 4.42 Å². The lowest BCUT2D eigenvalue weighted by Gasteiger charge is -2.16. The SMILES string of the molecule is CCC(=O)CCCCC[C@H](NC(=O)c1cncs1)c1ncc(-c2ccc3occc3c2)[nH]1. The van der Waals surface area contributed by atoms with Crippen molar-refractivity contribution in [1.29, 1.82) is 0 Å². The highest BCUT2D eigenvalue weighted by Crippen LogP contribution is 2.26. The highest BCUT2D eigenvalue weighted by atomic mass is 32.1. The van der Waals surface area contributed by atoms with Crippen LogP contribution in [0.25, 0.3) is 22.2 Å². The molecule has 0 spiro atoms. The molecule has 3 heterocycles. The first-order chi connectivity index (χ1) is 15.6. The van der Waals surface area contributed by atoms with E-state index in [2.05, 4.69) is 20.3 Å². The van der Waals surface area contributed by atoms with E-state index in [-0.39, 0.29) is 11.9 Å². The van der Waals surface area contributed by atoms with Crippen molar-refractivity contribution >= 4 is 34.0 Å². The largest absolute Gasteiger partial charge is 0.464 e. The van der Waals surface area contributed by atoms with Crippen LogP contribution in [-0.4, -0.2) is 26.6 Å². The number of imidazole rings is 1. The summed E-state index contributed by atoms with van der Waals surface area (Å²) in [4.78, 5) is 36.7. The molecule has 4 rings (SSSR count). The molecule has 1 atom stereocenters. The summed E-state index contributed by atoms with van der Waals surface area (Å²) in [7, 11) is 0. The van der Waals surface area contributed by atoms with E-state index < -0.39 is 0 Å². The van der Waals surface area contributed by atoms with Crippen LogP contribution in [0.5, 0.6) is 0 Å². The van der Waals surface area contributed by atoms with Crippen LogP contribution in [0, 0.1) is 0 Å². The standard InChI is InChI=1S/C24H26N4O3S/c1-2-18(29)6-4-3-5-7-19(28-24(30)22-14-25-15-32-22)23-26-13-20(27-23)16-8-9-21-17(12-16)10-11-31-21/h8-15,19H,2-7H2,1H3,(H,26,27)(H,28,30)/t19-/m0/s1. The van der Waals surface area contributed by atoms with Crippen LogP contribution in [0.3, 0.4) is 0 Å². The maximum atomic E-state index is 12.7. The number of rotatable bonds is 11. The van der Waals surface area contributed by atoms with Gasteiger partial charge in [-0.1, -0.05) is 19.8 Å². The Bertz CT molecular complexity index is 1180. The number of thiazole rings is 1. The molecule has 3 aromatic heterocycles. The average molecular weight is 451 g/mol. The van der Waals surface area contributed by atoms with Crippen LogP contribution in [0.15, 0.2) is 52.9 Å². The van der Waals surface area contributed by atoms with E-state index in [1.54, 1.807) is 24.2 Å². The summed E-state index contributed by atoms with van der Waals surface area (Å²) in [5.74, 6) is 0.858. The molecular formula is C24H26N4O3S. The number of hydrogen-bond acceptors (Lipinski definition) is 6. The maximum Gasteiger partial charge on any atom is 0.263 e. The minimum absolute atomic E-state index is 0.156. The van der Waals surface area contributed by atoms with E-state index >= 15 is 0 Å². The summed E-state index contributed by atoms with van der Waals surface area (Å²) in [5, 5.41) is 4.12. The third kappa shape index (κ3) is 5.31. The van der Waals surface area contributed by atoms with Gasteiger partial charge < -0.3 is 14.7 Å². The van der Waals surface area contributed by atoms with Crippen LogP contribution in [0.4, 0.5) is 0 Å². The summed E-state index contributed by atoms with van der Waals surface area (Å²) < 4.78 is 5.42. The topological polar surface area (TPSA) is 101 Å². The molecule has 166 valence electrons. The van der Waals surface area contributed by atoms with Crippen molar-refractivity contribution in [2.24, 2.45) is 0 Å². The second-order valence-corrected chi connectivity index (χ2v) is 8.62. The van der Waals surface area contributed by atoms with Gasteiger partial charge in [0.1, 0.15) is 22.1 Å². The van der Waals surface area contributed by atoms with Crippen molar-refractivity contribution in [3.8, 4) is 11.3 Å². The first kappa shape index (κ1) is 22.0. The number of Topliss-reactive ketones (excluding diaryl/α,β-unsaturated/α-hetero) is 1. The zero-order valence-electron chi connectivity index (χ0n) is 18.0. The van der Waals surface area contributed by atoms with Crippen LogP contribution in [-0.2, 0) is 4.79 Å². The highest BCUT2D eigenvalue weighted by molar-refractivity contribution is 7.11. The lowest BCUT2D eigenvalue weighted by Crippen LogP contribution is -2.28. The molecule has 0 fully saturated rings. The van der Waals surface area contributed by atoms with Gasteiger partial charge in [0.2, 0.25) is 0 Å². The fourth-order valence-corrected chi connectivity index (χ4v) is 4.18. The zero-order chi connectivity index (χ0) is 22.3. The molecule has 0 saturated heterocycles. The number of carbonyl (C=O) groups excluding carboxylic acids is 2. The average Bonchev–Trinajstić information content (AvgIpc) is 3.58. The number of amides is 1. The third-order valence-corrected chi connectivity index (χ3v) is 6.26. The predicted molar refractivity (Wildman–Crippen MR) is 124 cm³/mol. The van der Waals surface area contributed by atoms with Gasteiger partial charge in [-0.2, -0.15) is 0 Å². The zero-order valence-corrected chi connectivity index (χ0v) is 18.8. The monoisotopic (exact) mass is 450 g/mol. The van der Waals surface area contributed by atoms with E-state index in [9.17, 15) is 9.59 Å². The van der Waals surface area contributed by atoms with Crippen molar-refractivity contribution in [2.45, 2.75) is 51.5 Å². The van der Waals surface area contributed by atoms with Gasteiger partial charge in [-0.25, -0.2) is 4.98 Å². The number of unbranched alkanes of at least 4 members (excludes halogenated alkanes) is 2. The Morgan fingerprint density at radius 2 is 2.09 bits per heavy atom. The van der Waals surface area contributed by atoms with Crippen molar-refractivity contribution in [3.05, 3.63) is 59.1 Å². The molecule has 4 aromatic rings. The Kier molecular flexibility index (Phi) is 7.11. The summed E-state index contributed by atoms with van der Waals surface area (Å²) in [5.41, 5.74) is 4.37. The number of nitrogens with one attached hydrogen (secondary N) is 2. The van der Waals surface area contributed by atoms with Crippen LogP contribution < -0.4 is 5.32 Å². The first-order valence-corrected chi connectivity index (χ1v) is 11.8. The molecule has 32 heavy (non-hydrogen) atoms. The van der Waals surface area contributed by atoms with Gasteiger partial charge in [0.05, 0.1) is 35.9 Å². The van der Waals surface area contributed by atoms with Crippen LogP contribution in [0.2, 0.25) is 0 Å². The molecule has 0 radical (unpaired) electrons. The summed E-state index contributed by atoms with van der Waals surface area (Å²) in [6.07, 6.45) is 9.68. The number of furan rings is 1. The quantitative estimate of drug-likeness (QED) is 0.286. The van der Waals surface area contributed by atoms with Gasteiger partial charge in [0.25, 0.3) is 5.91 Å². The van der Waals surface area contributed by atoms with Gasteiger partial charge in [-0.05, 0) is 37.1 Å². The van der Waals surface area contributed by atoms with E-state index in [0.29, 0.717) is 23.5 Å². The molecule has 0 unspecified atom stereocenters. The predicted octanol–water partition coefficient (Wildman–Crippen LogP) is 5.68. The van der Waals surface area contributed by atoms with Crippen molar-refractivity contribution in [3.63, 3.8) is 0 Å². The molecule has 0 saturated carbocycles. The number of ketones is 1. The molecule has 1 aromatic carbocycles. The highest BCUT2D eigenvalue weighted by Gasteiger charge is 2.20. The van der Waals surface area contributed by atoms with E-state index in [1.807, 2.05) is 31.2 Å². The number of aromatic amines is 1. The molecule has 7 nitrogen and oxygen atoms in total. The van der Waals surface area contributed by atoms with E-state index in [0.717, 1.165) is 53.7 Å². The smallest absolute Gasteiger partial charge is 0.263 e. The number of H-pyrrole nitrogens is 1. The Morgan fingerprint density at radius 3 is 2.91 bits per heavy atom. The van der Waals surface area contributed by atoms with Crippen molar-refractivity contribution in [1.82, 2.24) is 20.3 Å². The maximum absolute atomic E-state index is 12.7. The Balaban J connectivity index is 1.47. The number of nitrogens with zero attached hydrogens (tertiary/aromatic N) is 2. The molecule has 1 amide bonds. The number of aromatic nitrogens is 3. The minimum atomic E-state index is -0.252. The Labute approximate surface area is 190 Å². The molecule has 0 aliphatic heterocycles. The van der Waals surface area contributed by atoms with Gasteiger partial charge in [-0.3, -0.25) is 14.6 Å². The van der Waals surface area contributed by atoms with E-state index in [1.165, 1.54) is 11.3 Å². The number of carbonyl (C=O) groups is 2. The minimum Gasteiger partial charge on any atom is -0.464 e. The molecule has 8 heteroatoms. The Morgan fingerprint density at radius 1 is 1.19 bits per heavy atom. The van der Waals surface area contributed by atoms with Gasteiger partial charge in [0, 0.05) is 23.8 Å². The van der Waals surface area contributed by atoms with Gasteiger partial charge in [-0.15, -0.1) is 11.3 Å². The second-order valence-electron chi connectivity index (χ2n) is 7.74.